The van der Waals surface area contributed by atoms with E-state index < -0.39 is 0 Å². The third-order valence-electron chi connectivity index (χ3n) is 3.72. The van der Waals surface area contributed by atoms with Crippen LogP contribution in [-0.2, 0) is 0 Å². The molecule has 20 heavy (non-hydrogen) atoms. The predicted octanol–water partition coefficient (Wildman–Crippen LogP) is -1.62. The van der Waals surface area contributed by atoms with Crippen LogP contribution in [0.5, 0.6) is 0 Å². The zero-order chi connectivity index (χ0) is 12.3. The first-order chi connectivity index (χ1) is 8.13. The lowest BCUT2D eigenvalue weighted by Crippen LogP contribution is -3.00. The number of piperazine rings is 1. The molecule has 3 N–H and O–H groups in total. The van der Waals surface area contributed by atoms with Crippen LogP contribution in [0.2, 0.25) is 0 Å². The molecule has 4 nitrogen and oxygen atoms in total. The molecule has 1 aliphatic heterocycles. The molecule has 1 fully saturated rings. The van der Waals surface area contributed by atoms with Crippen molar-refractivity contribution in [2.45, 2.75) is 0 Å². The highest BCUT2D eigenvalue weighted by molar-refractivity contribution is 5.85. The number of nitrogens with two attached hydrogens (primary N) is 1. The first kappa shape index (κ1) is 21.9. The molecule has 2 rings (SSSR count). The Morgan fingerprint density at radius 3 is 2.10 bits per heavy atom. The van der Waals surface area contributed by atoms with Crippen molar-refractivity contribution < 1.29 is 22.0 Å². The fourth-order valence-electron chi connectivity index (χ4n) is 2.36. The second-order valence-corrected chi connectivity index (χ2v) is 5.09. The molecule has 1 aliphatic rings. The number of quaternary nitrogens is 1. The predicted molar refractivity (Wildman–Crippen MR) is 85.4 cm³/mol. The molecule has 0 radical (unpaired) electrons. The molecule has 118 valence electrons. The highest BCUT2D eigenvalue weighted by atomic mass is 35.5. The van der Waals surface area contributed by atoms with Crippen molar-refractivity contribution >= 4 is 36.2 Å². The number of halogens is 3. The lowest BCUT2D eigenvalue weighted by atomic mass is 10.2. The van der Waals surface area contributed by atoms with E-state index in [2.05, 4.69) is 24.1 Å². The van der Waals surface area contributed by atoms with Gasteiger partial charge in [0.15, 0.2) is 0 Å². The number of benzene rings is 1. The molecule has 0 unspecified atom stereocenters. The fraction of sp³-hybridized carbons (Fsp3) is 0.538. The van der Waals surface area contributed by atoms with Crippen LogP contribution in [0.4, 0.5) is 11.4 Å². The lowest BCUT2D eigenvalue weighted by molar-refractivity contribution is -0.910. The van der Waals surface area contributed by atoms with Gasteiger partial charge in [0, 0.05) is 11.4 Å². The summed E-state index contributed by atoms with van der Waals surface area (Å²) in [7, 11) is 2.22. The minimum Gasteiger partial charge on any atom is -1.00 e. The maximum Gasteiger partial charge on any atom is 0.102 e. The standard InChI is InChI=1S/C13H22N3O.3ClH/c1-16(10-11-17)8-6-15(7-9-16)13-4-2-12(14)3-5-13;;;/h2-5,17H,6-11,14H2,1H3;3*1H/q+1;;;/p-1. The Morgan fingerprint density at radius 2 is 1.65 bits per heavy atom. The molecule has 0 amide bonds. The maximum atomic E-state index is 9.05. The van der Waals surface area contributed by atoms with Crippen LogP contribution in [0.15, 0.2) is 24.3 Å². The summed E-state index contributed by atoms with van der Waals surface area (Å²) >= 11 is 0. The second kappa shape index (κ2) is 9.53. The largest absolute Gasteiger partial charge is 1.00 e. The highest BCUT2D eigenvalue weighted by Gasteiger charge is 2.27. The SMILES string of the molecule is C[N+]1(CCO)CCN(c2ccc(N)cc2)CC1.Cl.Cl.[Cl-]. The summed E-state index contributed by atoms with van der Waals surface area (Å²) in [4.78, 5) is 2.39. The first-order valence-electron chi connectivity index (χ1n) is 6.18. The molecule has 1 aromatic carbocycles. The van der Waals surface area contributed by atoms with E-state index >= 15 is 0 Å². The monoisotopic (exact) mass is 343 g/mol. The summed E-state index contributed by atoms with van der Waals surface area (Å²) in [6, 6.07) is 8.06. The first-order valence-corrected chi connectivity index (χ1v) is 6.18. The molecular weight excluding hydrogens is 321 g/mol. The summed E-state index contributed by atoms with van der Waals surface area (Å²) < 4.78 is 0.974. The van der Waals surface area contributed by atoms with Crippen molar-refractivity contribution in [1.29, 1.82) is 0 Å². The number of aliphatic hydroxyl groups excluding tert-OH is 1. The Hall–Kier alpha value is -0.390. The van der Waals surface area contributed by atoms with Gasteiger partial charge < -0.3 is 32.6 Å². The molecule has 0 aromatic heterocycles. The van der Waals surface area contributed by atoms with Gasteiger partial charge in [-0.1, -0.05) is 0 Å². The van der Waals surface area contributed by atoms with Gasteiger partial charge in [0.2, 0.25) is 0 Å². The van der Waals surface area contributed by atoms with Gasteiger partial charge in [-0.3, -0.25) is 0 Å². The number of anilines is 2. The van der Waals surface area contributed by atoms with Gasteiger partial charge in [0.25, 0.3) is 0 Å². The summed E-state index contributed by atoms with van der Waals surface area (Å²) in [5, 5.41) is 9.05. The summed E-state index contributed by atoms with van der Waals surface area (Å²) in [5.41, 5.74) is 7.75. The van der Waals surface area contributed by atoms with Crippen molar-refractivity contribution in [3.8, 4) is 0 Å². The Bertz CT molecular complexity index is 368. The van der Waals surface area contributed by atoms with Crippen LogP contribution in [0.25, 0.3) is 0 Å². The van der Waals surface area contributed by atoms with Crippen molar-refractivity contribution in [2.75, 3.05) is 57.0 Å². The van der Waals surface area contributed by atoms with Crippen molar-refractivity contribution in [3.05, 3.63) is 24.3 Å². The topological polar surface area (TPSA) is 49.5 Å². The summed E-state index contributed by atoms with van der Waals surface area (Å²) in [6.45, 7) is 5.39. The van der Waals surface area contributed by atoms with Gasteiger partial charge in [0.05, 0.1) is 39.8 Å². The Kier molecular flexibility index (Phi) is 10.4. The van der Waals surface area contributed by atoms with E-state index in [1.807, 2.05) is 12.1 Å². The van der Waals surface area contributed by atoms with Crippen molar-refractivity contribution in [1.82, 2.24) is 0 Å². The number of hydrogen-bond donors (Lipinski definition) is 2. The Balaban J connectivity index is 0. The minimum absolute atomic E-state index is 0. The van der Waals surface area contributed by atoms with E-state index in [1.54, 1.807) is 0 Å². The number of rotatable bonds is 3. The molecule has 0 saturated carbocycles. The summed E-state index contributed by atoms with van der Waals surface area (Å²) in [5.74, 6) is 0. The van der Waals surface area contributed by atoms with Crippen LogP contribution >= 0.6 is 24.8 Å². The van der Waals surface area contributed by atoms with E-state index in [1.165, 1.54) is 5.69 Å². The minimum atomic E-state index is 0. The number of nitrogens with zero attached hydrogens (tertiary/aromatic N) is 2. The zero-order valence-corrected chi connectivity index (χ0v) is 14.1. The average Bonchev–Trinajstić information content (AvgIpc) is 2.31. The van der Waals surface area contributed by atoms with E-state index in [9.17, 15) is 0 Å². The van der Waals surface area contributed by atoms with Gasteiger partial charge in [0.1, 0.15) is 6.54 Å². The van der Waals surface area contributed by atoms with Gasteiger partial charge >= 0.3 is 0 Å². The fourth-order valence-corrected chi connectivity index (χ4v) is 2.36. The third-order valence-corrected chi connectivity index (χ3v) is 3.72. The Morgan fingerprint density at radius 1 is 1.15 bits per heavy atom. The van der Waals surface area contributed by atoms with Gasteiger partial charge in [-0.05, 0) is 24.3 Å². The van der Waals surface area contributed by atoms with Crippen LogP contribution in [0.3, 0.4) is 0 Å². The number of hydrogen-bond acceptors (Lipinski definition) is 3. The van der Waals surface area contributed by atoms with Crippen LogP contribution < -0.4 is 23.0 Å². The molecule has 0 bridgehead atoms. The number of likely N-dealkylation sites (N-methyl/N-ethyl adjacent to an activating group) is 1. The maximum absolute atomic E-state index is 9.05. The van der Waals surface area contributed by atoms with Crippen LogP contribution in [-0.4, -0.2) is 56.0 Å². The molecule has 1 aromatic rings. The van der Waals surface area contributed by atoms with Crippen molar-refractivity contribution in [2.24, 2.45) is 0 Å². The van der Waals surface area contributed by atoms with E-state index in [0.717, 1.165) is 42.9 Å². The molecule has 0 aliphatic carbocycles. The van der Waals surface area contributed by atoms with Crippen LogP contribution in [0.1, 0.15) is 0 Å². The highest BCUT2D eigenvalue weighted by Crippen LogP contribution is 2.19. The molecule has 7 heteroatoms. The third kappa shape index (κ3) is 5.54. The molecule has 1 saturated heterocycles. The van der Waals surface area contributed by atoms with Crippen LogP contribution in [0, 0.1) is 0 Å². The molecule has 0 spiro atoms. The zero-order valence-electron chi connectivity index (χ0n) is 11.7. The lowest BCUT2D eigenvalue weighted by Gasteiger charge is -2.42. The van der Waals surface area contributed by atoms with Gasteiger partial charge in [-0.2, -0.15) is 0 Å². The molecule has 1 heterocycles. The van der Waals surface area contributed by atoms with E-state index in [4.69, 9.17) is 10.8 Å². The normalized spacial score (nSPS) is 16.4. The number of aliphatic hydroxyl groups is 1. The average molecular weight is 345 g/mol. The van der Waals surface area contributed by atoms with Crippen molar-refractivity contribution in [3.63, 3.8) is 0 Å². The molecular formula is C13H24Cl3N3O. The second-order valence-electron chi connectivity index (χ2n) is 5.09. The smallest absolute Gasteiger partial charge is 0.102 e. The quantitative estimate of drug-likeness (QED) is 0.512. The van der Waals surface area contributed by atoms with E-state index in [-0.39, 0.29) is 43.8 Å². The van der Waals surface area contributed by atoms with Gasteiger partial charge in [-0.25, -0.2) is 0 Å². The summed E-state index contributed by atoms with van der Waals surface area (Å²) in [6.07, 6.45) is 0. The van der Waals surface area contributed by atoms with E-state index in [0.29, 0.717) is 0 Å². The Labute approximate surface area is 139 Å². The molecule has 0 atom stereocenters. The van der Waals surface area contributed by atoms with Gasteiger partial charge in [-0.15, -0.1) is 24.8 Å². The number of nitrogen functional groups attached to an aromatic ring is 1.